The fourth-order valence-electron chi connectivity index (χ4n) is 1.86. The number of terminal acetylenes is 1. The van der Waals surface area contributed by atoms with Gasteiger partial charge in [0.05, 0.1) is 33.0 Å². The Morgan fingerprint density at radius 3 is 2.42 bits per heavy atom. The number of hydrogen-bond donors (Lipinski definition) is 0. The zero-order chi connectivity index (χ0) is 13.9. The molecule has 19 heavy (non-hydrogen) atoms. The van der Waals surface area contributed by atoms with E-state index in [9.17, 15) is 4.79 Å². The predicted octanol–water partition coefficient (Wildman–Crippen LogP) is 0.538. The Morgan fingerprint density at radius 2 is 1.84 bits per heavy atom. The first-order valence-electron chi connectivity index (χ1n) is 6.75. The van der Waals surface area contributed by atoms with Crippen LogP contribution in [0.2, 0.25) is 0 Å². The molecule has 1 heterocycles. The molecule has 0 aromatic heterocycles. The van der Waals surface area contributed by atoms with Crippen molar-refractivity contribution in [2.24, 2.45) is 5.92 Å². The molecule has 0 spiro atoms. The molecule has 1 aliphatic rings. The first kappa shape index (κ1) is 16.0. The Balaban J connectivity index is 1.91. The van der Waals surface area contributed by atoms with Gasteiger partial charge in [0, 0.05) is 32.0 Å². The summed E-state index contributed by atoms with van der Waals surface area (Å²) in [5.74, 6) is 2.81. The largest absolute Gasteiger partial charge is 0.379 e. The van der Waals surface area contributed by atoms with Crippen LogP contribution in [0.5, 0.6) is 0 Å². The van der Waals surface area contributed by atoms with Crippen molar-refractivity contribution in [3.8, 4) is 12.3 Å². The lowest BCUT2D eigenvalue weighted by molar-refractivity contribution is -0.128. The van der Waals surface area contributed by atoms with Gasteiger partial charge in [-0.3, -0.25) is 4.79 Å². The van der Waals surface area contributed by atoms with E-state index in [1.807, 2.05) is 6.92 Å². The Labute approximate surface area is 115 Å². The molecule has 1 saturated heterocycles. The van der Waals surface area contributed by atoms with Crippen molar-refractivity contribution in [3.05, 3.63) is 0 Å². The van der Waals surface area contributed by atoms with E-state index in [0.29, 0.717) is 59.2 Å². The number of carbonyl (C=O) groups excluding carboxylic acids is 1. The summed E-state index contributed by atoms with van der Waals surface area (Å²) in [5, 5.41) is 0. The standard InChI is InChI=1S/C14H23NO4/c1-3-13-11-14(16)15(12-13)5-6-18-9-10-19-8-7-17-4-2/h1,13H,4-12H2,2H3. The summed E-state index contributed by atoms with van der Waals surface area (Å²) in [6, 6.07) is 0. The number of amides is 1. The third-order valence-corrected chi connectivity index (χ3v) is 2.90. The Morgan fingerprint density at radius 1 is 1.21 bits per heavy atom. The van der Waals surface area contributed by atoms with Crippen LogP contribution in [0, 0.1) is 18.3 Å². The quantitative estimate of drug-likeness (QED) is 0.429. The molecule has 0 saturated carbocycles. The molecule has 1 aliphatic heterocycles. The van der Waals surface area contributed by atoms with Crippen LogP contribution in [0.1, 0.15) is 13.3 Å². The summed E-state index contributed by atoms with van der Waals surface area (Å²) in [6.07, 6.45) is 5.78. The molecule has 108 valence electrons. The molecule has 0 radical (unpaired) electrons. The summed E-state index contributed by atoms with van der Waals surface area (Å²) in [4.78, 5) is 13.3. The molecule has 1 atom stereocenters. The number of carbonyl (C=O) groups is 1. The molecule has 1 rings (SSSR count). The monoisotopic (exact) mass is 269 g/mol. The number of nitrogens with zero attached hydrogens (tertiary/aromatic N) is 1. The highest BCUT2D eigenvalue weighted by atomic mass is 16.5. The average Bonchev–Trinajstić information content (AvgIpc) is 2.78. The van der Waals surface area contributed by atoms with Gasteiger partial charge < -0.3 is 19.1 Å². The van der Waals surface area contributed by atoms with Gasteiger partial charge in [-0.25, -0.2) is 0 Å². The Hall–Kier alpha value is -1.09. The minimum Gasteiger partial charge on any atom is -0.379 e. The number of hydrogen-bond acceptors (Lipinski definition) is 4. The number of ether oxygens (including phenoxy) is 3. The molecule has 0 aromatic carbocycles. The lowest BCUT2D eigenvalue weighted by Gasteiger charge is -2.15. The SMILES string of the molecule is C#CC1CC(=O)N(CCOCCOCCOCC)C1. The third-order valence-electron chi connectivity index (χ3n) is 2.90. The molecule has 1 fully saturated rings. The first-order chi connectivity index (χ1) is 9.27. The lowest BCUT2D eigenvalue weighted by Crippen LogP contribution is -2.29. The second kappa shape index (κ2) is 9.79. The molecule has 1 unspecified atom stereocenters. The van der Waals surface area contributed by atoms with E-state index in [4.69, 9.17) is 20.6 Å². The minimum absolute atomic E-state index is 0.0643. The third kappa shape index (κ3) is 6.58. The number of rotatable bonds is 10. The van der Waals surface area contributed by atoms with E-state index in [-0.39, 0.29) is 11.8 Å². The maximum absolute atomic E-state index is 11.5. The van der Waals surface area contributed by atoms with Crippen molar-refractivity contribution < 1.29 is 19.0 Å². The molecular weight excluding hydrogens is 246 g/mol. The van der Waals surface area contributed by atoms with Crippen LogP contribution in [0.15, 0.2) is 0 Å². The highest BCUT2D eigenvalue weighted by molar-refractivity contribution is 5.79. The topological polar surface area (TPSA) is 48.0 Å². The summed E-state index contributed by atoms with van der Waals surface area (Å²) in [7, 11) is 0. The van der Waals surface area contributed by atoms with Crippen LogP contribution in [0.3, 0.4) is 0 Å². The molecule has 0 aromatic rings. The summed E-state index contributed by atoms with van der Waals surface area (Å²) >= 11 is 0. The van der Waals surface area contributed by atoms with Gasteiger partial charge in [0.15, 0.2) is 0 Å². The molecule has 0 bridgehead atoms. The second-order valence-corrected chi connectivity index (χ2v) is 4.33. The van der Waals surface area contributed by atoms with Crippen LogP contribution < -0.4 is 0 Å². The van der Waals surface area contributed by atoms with Crippen molar-refractivity contribution in [1.82, 2.24) is 4.90 Å². The predicted molar refractivity (Wildman–Crippen MR) is 71.7 cm³/mol. The minimum atomic E-state index is 0.0643. The molecule has 5 nitrogen and oxygen atoms in total. The van der Waals surface area contributed by atoms with Crippen molar-refractivity contribution in [2.75, 3.05) is 52.7 Å². The first-order valence-corrected chi connectivity index (χ1v) is 6.75. The van der Waals surface area contributed by atoms with Gasteiger partial charge in [-0.2, -0.15) is 0 Å². The van der Waals surface area contributed by atoms with Crippen molar-refractivity contribution in [2.45, 2.75) is 13.3 Å². The van der Waals surface area contributed by atoms with E-state index >= 15 is 0 Å². The summed E-state index contributed by atoms with van der Waals surface area (Å²) < 4.78 is 15.8. The van der Waals surface area contributed by atoms with Gasteiger partial charge in [-0.05, 0) is 6.92 Å². The second-order valence-electron chi connectivity index (χ2n) is 4.33. The van der Waals surface area contributed by atoms with E-state index in [2.05, 4.69) is 5.92 Å². The lowest BCUT2D eigenvalue weighted by atomic mass is 10.1. The Bertz CT molecular complexity index is 300. The summed E-state index contributed by atoms with van der Waals surface area (Å²) in [6.45, 7) is 6.74. The highest BCUT2D eigenvalue weighted by Crippen LogP contribution is 2.15. The van der Waals surface area contributed by atoms with E-state index in [1.165, 1.54) is 0 Å². The normalized spacial score (nSPS) is 18.8. The van der Waals surface area contributed by atoms with Crippen LogP contribution >= 0.6 is 0 Å². The number of likely N-dealkylation sites (tertiary alicyclic amines) is 1. The van der Waals surface area contributed by atoms with Crippen LogP contribution in [0.25, 0.3) is 0 Å². The van der Waals surface area contributed by atoms with Crippen molar-refractivity contribution >= 4 is 5.91 Å². The zero-order valence-corrected chi connectivity index (χ0v) is 11.6. The van der Waals surface area contributed by atoms with Gasteiger partial charge in [0.2, 0.25) is 5.91 Å². The van der Waals surface area contributed by atoms with Gasteiger partial charge >= 0.3 is 0 Å². The molecule has 0 aliphatic carbocycles. The van der Waals surface area contributed by atoms with Gasteiger partial charge in [-0.1, -0.05) is 0 Å². The van der Waals surface area contributed by atoms with Crippen LogP contribution in [-0.4, -0.2) is 63.5 Å². The molecule has 1 amide bonds. The molecule has 0 N–H and O–H groups in total. The highest BCUT2D eigenvalue weighted by Gasteiger charge is 2.27. The fraction of sp³-hybridized carbons (Fsp3) is 0.786. The van der Waals surface area contributed by atoms with Gasteiger partial charge in [-0.15, -0.1) is 12.3 Å². The molecular formula is C14H23NO4. The smallest absolute Gasteiger partial charge is 0.224 e. The fourth-order valence-corrected chi connectivity index (χ4v) is 1.86. The van der Waals surface area contributed by atoms with E-state index in [1.54, 1.807) is 4.90 Å². The average molecular weight is 269 g/mol. The maximum atomic E-state index is 11.5. The van der Waals surface area contributed by atoms with Crippen molar-refractivity contribution in [3.63, 3.8) is 0 Å². The van der Waals surface area contributed by atoms with Crippen LogP contribution in [-0.2, 0) is 19.0 Å². The van der Waals surface area contributed by atoms with Crippen molar-refractivity contribution in [1.29, 1.82) is 0 Å². The van der Waals surface area contributed by atoms with Crippen LogP contribution in [0.4, 0.5) is 0 Å². The summed E-state index contributed by atoms with van der Waals surface area (Å²) in [5.41, 5.74) is 0. The van der Waals surface area contributed by atoms with E-state index in [0.717, 1.165) is 0 Å². The van der Waals surface area contributed by atoms with Gasteiger partial charge in [0.25, 0.3) is 0 Å². The van der Waals surface area contributed by atoms with E-state index < -0.39 is 0 Å². The zero-order valence-electron chi connectivity index (χ0n) is 11.6. The Kier molecular flexibility index (Phi) is 8.23. The van der Waals surface area contributed by atoms with Gasteiger partial charge in [0.1, 0.15) is 0 Å². The maximum Gasteiger partial charge on any atom is 0.224 e. The molecule has 5 heteroatoms.